The highest BCUT2D eigenvalue weighted by Gasteiger charge is 2.22. The lowest BCUT2D eigenvalue weighted by Gasteiger charge is -2.03. The lowest BCUT2D eigenvalue weighted by atomic mass is 10.2. The number of nitro groups is 1. The smallest absolute Gasteiger partial charge is 0.323 e. The van der Waals surface area contributed by atoms with Gasteiger partial charge in [0.05, 0.1) is 9.80 Å². The molecule has 1 aromatic carbocycles. The number of rotatable bonds is 5. The summed E-state index contributed by atoms with van der Waals surface area (Å²) in [5, 5.41) is 11.6. The Morgan fingerprint density at radius 1 is 1.45 bits per heavy atom. The Balaban J connectivity index is 2.20. The van der Waals surface area contributed by atoms with Crippen LogP contribution >= 0.6 is 22.9 Å². The second kappa shape index (κ2) is 6.02. The second-order valence-electron chi connectivity index (χ2n) is 4.02. The standard InChI is InChI=1S/C13H10ClNO4S/c1-8(16)12-6-11(15(17)18)13(20-12)19-7-9-3-2-4-10(14)5-9/h2-6H,7H2,1H3. The molecule has 0 unspecified atom stereocenters. The van der Waals surface area contributed by atoms with Crippen molar-refractivity contribution in [3.63, 3.8) is 0 Å². The van der Waals surface area contributed by atoms with Crippen LogP contribution in [0, 0.1) is 10.1 Å². The van der Waals surface area contributed by atoms with Crippen molar-refractivity contribution in [3.8, 4) is 5.06 Å². The number of benzene rings is 1. The van der Waals surface area contributed by atoms with E-state index in [1.807, 2.05) is 0 Å². The van der Waals surface area contributed by atoms with Gasteiger partial charge in [0.15, 0.2) is 5.78 Å². The average Bonchev–Trinajstić information content (AvgIpc) is 2.81. The van der Waals surface area contributed by atoms with Crippen molar-refractivity contribution in [2.24, 2.45) is 0 Å². The van der Waals surface area contributed by atoms with Crippen LogP contribution in [0.4, 0.5) is 5.69 Å². The predicted octanol–water partition coefficient (Wildman–Crippen LogP) is 4.09. The number of ketones is 1. The third kappa shape index (κ3) is 3.34. The van der Waals surface area contributed by atoms with Gasteiger partial charge in [0.1, 0.15) is 6.61 Å². The molecule has 0 saturated heterocycles. The molecule has 0 fully saturated rings. The van der Waals surface area contributed by atoms with Crippen molar-refractivity contribution in [2.45, 2.75) is 13.5 Å². The number of carbonyl (C=O) groups excluding carboxylic acids is 1. The zero-order valence-electron chi connectivity index (χ0n) is 10.5. The van der Waals surface area contributed by atoms with E-state index in [1.165, 1.54) is 13.0 Å². The molecule has 2 rings (SSSR count). The van der Waals surface area contributed by atoms with Gasteiger partial charge >= 0.3 is 5.69 Å². The molecule has 2 aromatic rings. The maximum atomic E-state index is 11.3. The molecule has 0 aliphatic rings. The minimum absolute atomic E-state index is 0.125. The van der Waals surface area contributed by atoms with Crippen LogP contribution in [-0.2, 0) is 6.61 Å². The molecule has 0 aliphatic carbocycles. The monoisotopic (exact) mass is 311 g/mol. The number of hydrogen-bond acceptors (Lipinski definition) is 5. The van der Waals surface area contributed by atoms with Gasteiger partial charge in [-0.25, -0.2) is 0 Å². The fraction of sp³-hybridized carbons (Fsp3) is 0.154. The number of nitrogens with zero attached hydrogens (tertiary/aromatic N) is 1. The highest BCUT2D eigenvalue weighted by atomic mass is 35.5. The van der Waals surface area contributed by atoms with Crippen molar-refractivity contribution in [1.29, 1.82) is 0 Å². The predicted molar refractivity (Wildman–Crippen MR) is 76.8 cm³/mol. The van der Waals surface area contributed by atoms with E-state index >= 15 is 0 Å². The molecular weight excluding hydrogens is 302 g/mol. The van der Waals surface area contributed by atoms with E-state index in [-0.39, 0.29) is 23.1 Å². The van der Waals surface area contributed by atoms with Crippen LogP contribution in [0.2, 0.25) is 5.02 Å². The highest BCUT2D eigenvalue weighted by molar-refractivity contribution is 7.16. The number of carbonyl (C=O) groups is 1. The summed E-state index contributed by atoms with van der Waals surface area (Å²) in [6.45, 7) is 1.51. The quantitative estimate of drug-likeness (QED) is 0.473. The van der Waals surface area contributed by atoms with Crippen LogP contribution in [0.5, 0.6) is 5.06 Å². The van der Waals surface area contributed by atoms with Crippen LogP contribution in [0.25, 0.3) is 0 Å². The van der Waals surface area contributed by atoms with E-state index in [0.717, 1.165) is 16.9 Å². The van der Waals surface area contributed by atoms with Gasteiger partial charge in [0.2, 0.25) is 0 Å². The Morgan fingerprint density at radius 3 is 2.80 bits per heavy atom. The number of halogens is 1. The van der Waals surface area contributed by atoms with Gasteiger partial charge in [0, 0.05) is 11.1 Å². The van der Waals surface area contributed by atoms with Gasteiger partial charge in [-0.15, -0.1) is 0 Å². The zero-order valence-corrected chi connectivity index (χ0v) is 12.0. The molecule has 1 aromatic heterocycles. The van der Waals surface area contributed by atoms with E-state index < -0.39 is 4.92 Å². The van der Waals surface area contributed by atoms with E-state index in [2.05, 4.69) is 0 Å². The Kier molecular flexibility index (Phi) is 4.36. The van der Waals surface area contributed by atoms with E-state index in [9.17, 15) is 14.9 Å². The van der Waals surface area contributed by atoms with Gasteiger partial charge in [0.25, 0.3) is 5.06 Å². The lowest BCUT2D eigenvalue weighted by molar-refractivity contribution is -0.385. The summed E-state index contributed by atoms with van der Waals surface area (Å²) in [7, 11) is 0. The summed E-state index contributed by atoms with van der Waals surface area (Å²) in [5.74, 6) is -0.226. The fourth-order valence-corrected chi connectivity index (χ4v) is 2.63. The zero-order chi connectivity index (χ0) is 14.7. The molecule has 0 spiro atoms. The molecule has 1 heterocycles. The molecule has 0 saturated carbocycles. The Labute approximate surface area is 123 Å². The SMILES string of the molecule is CC(=O)c1cc([N+](=O)[O-])c(OCc2cccc(Cl)c2)s1. The van der Waals surface area contributed by atoms with Gasteiger partial charge in [-0.3, -0.25) is 14.9 Å². The first-order chi connectivity index (χ1) is 9.47. The molecule has 0 aliphatic heterocycles. The molecule has 20 heavy (non-hydrogen) atoms. The summed E-state index contributed by atoms with van der Waals surface area (Å²) in [6, 6.07) is 8.25. The lowest BCUT2D eigenvalue weighted by Crippen LogP contribution is -1.96. The van der Waals surface area contributed by atoms with Gasteiger partial charge < -0.3 is 4.74 Å². The molecule has 0 atom stereocenters. The molecular formula is C13H10ClNO4S. The van der Waals surface area contributed by atoms with Crippen molar-refractivity contribution in [2.75, 3.05) is 0 Å². The minimum Gasteiger partial charge on any atom is -0.474 e. The van der Waals surface area contributed by atoms with Crippen molar-refractivity contribution in [3.05, 3.63) is 55.9 Å². The average molecular weight is 312 g/mol. The normalized spacial score (nSPS) is 10.3. The molecule has 0 N–H and O–H groups in total. The Morgan fingerprint density at radius 2 is 2.20 bits per heavy atom. The van der Waals surface area contributed by atoms with Crippen molar-refractivity contribution in [1.82, 2.24) is 0 Å². The summed E-state index contributed by atoms with van der Waals surface area (Å²) in [5.41, 5.74) is 0.604. The van der Waals surface area contributed by atoms with Gasteiger partial charge in [-0.05, 0) is 24.6 Å². The van der Waals surface area contributed by atoms with E-state index in [4.69, 9.17) is 16.3 Å². The third-order valence-corrected chi connectivity index (χ3v) is 3.85. The molecule has 0 bridgehead atoms. The topological polar surface area (TPSA) is 69.4 Å². The molecule has 0 amide bonds. The largest absolute Gasteiger partial charge is 0.474 e. The van der Waals surface area contributed by atoms with Crippen LogP contribution in [-0.4, -0.2) is 10.7 Å². The number of thiophene rings is 1. The van der Waals surface area contributed by atoms with Crippen LogP contribution < -0.4 is 4.74 Å². The summed E-state index contributed by atoms with van der Waals surface area (Å²) < 4.78 is 5.44. The van der Waals surface area contributed by atoms with E-state index in [1.54, 1.807) is 24.3 Å². The first-order valence-corrected chi connectivity index (χ1v) is 6.83. The number of Topliss-reactive ketones (excluding diaryl/α,β-unsaturated/α-hetero) is 1. The van der Waals surface area contributed by atoms with Crippen molar-refractivity contribution >= 4 is 34.4 Å². The van der Waals surface area contributed by atoms with Gasteiger partial charge in [-0.1, -0.05) is 35.1 Å². The first kappa shape index (κ1) is 14.5. The summed E-state index contributed by atoms with van der Waals surface area (Å²) in [6.07, 6.45) is 0. The van der Waals surface area contributed by atoms with Crippen molar-refractivity contribution < 1.29 is 14.5 Å². The number of hydrogen-bond donors (Lipinski definition) is 0. The maximum Gasteiger partial charge on any atom is 0.323 e. The Hall–Kier alpha value is -1.92. The second-order valence-corrected chi connectivity index (χ2v) is 5.47. The first-order valence-electron chi connectivity index (χ1n) is 5.64. The van der Waals surface area contributed by atoms with Crippen LogP contribution in [0.3, 0.4) is 0 Å². The summed E-state index contributed by atoms with van der Waals surface area (Å²) >= 11 is 6.82. The molecule has 0 radical (unpaired) electrons. The minimum atomic E-state index is -0.559. The fourth-order valence-electron chi connectivity index (χ4n) is 1.54. The summed E-state index contributed by atoms with van der Waals surface area (Å²) in [4.78, 5) is 21.9. The molecule has 104 valence electrons. The molecule has 5 nitrogen and oxygen atoms in total. The Bertz CT molecular complexity index is 668. The number of ether oxygens (including phenoxy) is 1. The van der Waals surface area contributed by atoms with Crippen LogP contribution in [0.15, 0.2) is 30.3 Å². The highest BCUT2D eigenvalue weighted by Crippen LogP contribution is 2.37. The third-order valence-electron chi connectivity index (χ3n) is 2.48. The van der Waals surface area contributed by atoms with Crippen LogP contribution in [0.1, 0.15) is 22.2 Å². The maximum absolute atomic E-state index is 11.3. The van der Waals surface area contributed by atoms with E-state index in [0.29, 0.717) is 9.90 Å². The van der Waals surface area contributed by atoms with Gasteiger partial charge in [-0.2, -0.15) is 0 Å². The molecule has 7 heteroatoms.